The molecule has 0 aliphatic heterocycles. The van der Waals surface area contributed by atoms with Crippen LogP contribution in [0, 0.1) is 0 Å². The van der Waals surface area contributed by atoms with E-state index in [-0.39, 0.29) is 24.5 Å². The zero-order chi connectivity index (χ0) is 17.5. The van der Waals surface area contributed by atoms with Gasteiger partial charge >= 0.3 is 6.03 Å². The van der Waals surface area contributed by atoms with Crippen molar-refractivity contribution in [2.24, 2.45) is 0 Å². The van der Waals surface area contributed by atoms with Crippen molar-refractivity contribution in [1.29, 1.82) is 0 Å². The summed E-state index contributed by atoms with van der Waals surface area (Å²) in [6.07, 6.45) is 4.32. The number of rotatable bonds is 6. The molecular weight excluding hydrogens is 302 g/mol. The molecule has 1 aromatic carbocycles. The number of urea groups is 1. The van der Waals surface area contributed by atoms with Crippen molar-refractivity contribution in [3.63, 3.8) is 0 Å². The Morgan fingerprint density at radius 1 is 1.17 bits per heavy atom. The van der Waals surface area contributed by atoms with E-state index in [2.05, 4.69) is 48.7 Å². The minimum atomic E-state index is -0.374. The highest BCUT2D eigenvalue weighted by Gasteiger charge is 2.18. The van der Waals surface area contributed by atoms with Crippen LogP contribution in [0.15, 0.2) is 24.3 Å². The zero-order valence-corrected chi connectivity index (χ0v) is 15.0. The summed E-state index contributed by atoms with van der Waals surface area (Å²) in [6, 6.07) is 8.29. The van der Waals surface area contributed by atoms with E-state index in [0.717, 1.165) is 31.2 Å². The maximum Gasteiger partial charge on any atom is 0.321 e. The summed E-state index contributed by atoms with van der Waals surface area (Å²) in [5.74, 6) is 0.243. The van der Waals surface area contributed by atoms with Crippen molar-refractivity contribution >= 4 is 11.9 Å². The van der Waals surface area contributed by atoms with Gasteiger partial charge in [-0.2, -0.15) is 0 Å². The van der Waals surface area contributed by atoms with Gasteiger partial charge in [0.1, 0.15) is 0 Å². The maximum absolute atomic E-state index is 12.0. The van der Waals surface area contributed by atoms with Crippen LogP contribution in [0.2, 0.25) is 0 Å². The quantitative estimate of drug-likeness (QED) is 0.842. The van der Waals surface area contributed by atoms with Crippen molar-refractivity contribution in [2.45, 2.75) is 58.0 Å². The van der Waals surface area contributed by atoms with E-state index in [9.17, 15) is 9.59 Å². The smallest absolute Gasteiger partial charge is 0.321 e. The highest BCUT2D eigenvalue weighted by molar-refractivity contribution is 5.95. The molecule has 0 unspecified atom stereocenters. The molecule has 5 nitrogen and oxygen atoms in total. The molecule has 1 saturated carbocycles. The number of amides is 3. The third-order valence-electron chi connectivity index (χ3n) is 4.46. The standard InChI is InChI=1S/C19H29N3O2/c1-14(2)16-10-8-15(9-11-16)12-22(3)13-18(23)21-19(24)20-17-6-4-5-7-17/h8-11,14,17H,4-7,12-13H2,1-3H3,(H2,20,21,23,24). The van der Waals surface area contributed by atoms with Crippen LogP contribution in [0.4, 0.5) is 4.79 Å². The highest BCUT2D eigenvalue weighted by Crippen LogP contribution is 2.17. The van der Waals surface area contributed by atoms with E-state index in [4.69, 9.17) is 0 Å². The summed E-state index contributed by atoms with van der Waals surface area (Å²) in [5, 5.41) is 5.28. The topological polar surface area (TPSA) is 61.4 Å². The van der Waals surface area contributed by atoms with Gasteiger partial charge < -0.3 is 5.32 Å². The molecule has 24 heavy (non-hydrogen) atoms. The van der Waals surface area contributed by atoms with E-state index < -0.39 is 0 Å². The summed E-state index contributed by atoms with van der Waals surface area (Å²) in [6.45, 7) is 5.21. The van der Waals surface area contributed by atoms with Gasteiger partial charge in [-0.15, -0.1) is 0 Å². The fourth-order valence-electron chi connectivity index (χ4n) is 3.08. The van der Waals surface area contributed by atoms with Gasteiger partial charge in [0.15, 0.2) is 0 Å². The second-order valence-corrected chi connectivity index (χ2v) is 7.07. The molecule has 1 aliphatic rings. The van der Waals surface area contributed by atoms with Gasteiger partial charge in [-0.3, -0.25) is 15.0 Å². The summed E-state index contributed by atoms with van der Waals surface area (Å²) < 4.78 is 0. The molecule has 2 rings (SSSR count). The normalized spacial score (nSPS) is 15.0. The number of hydrogen-bond acceptors (Lipinski definition) is 3. The fourth-order valence-corrected chi connectivity index (χ4v) is 3.08. The minimum Gasteiger partial charge on any atom is -0.335 e. The van der Waals surface area contributed by atoms with E-state index >= 15 is 0 Å². The Labute approximate surface area is 144 Å². The molecule has 0 bridgehead atoms. The molecule has 0 radical (unpaired) electrons. The Morgan fingerprint density at radius 3 is 2.38 bits per heavy atom. The average molecular weight is 331 g/mol. The number of nitrogens with zero attached hydrogens (tertiary/aromatic N) is 1. The molecule has 0 aromatic heterocycles. The van der Waals surface area contributed by atoms with Crippen LogP contribution in [0.5, 0.6) is 0 Å². The SMILES string of the molecule is CC(C)c1ccc(CN(C)CC(=O)NC(=O)NC2CCCC2)cc1. The first-order valence-corrected chi connectivity index (χ1v) is 8.81. The van der Waals surface area contributed by atoms with Crippen LogP contribution in [0.3, 0.4) is 0 Å². The van der Waals surface area contributed by atoms with Crippen molar-refractivity contribution in [3.05, 3.63) is 35.4 Å². The summed E-state index contributed by atoms with van der Waals surface area (Å²) in [4.78, 5) is 25.7. The molecule has 1 aliphatic carbocycles. The molecule has 5 heteroatoms. The van der Waals surface area contributed by atoms with E-state index in [0.29, 0.717) is 12.5 Å². The Hall–Kier alpha value is -1.88. The van der Waals surface area contributed by atoms with Crippen LogP contribution in [0.1, 0.15) is 56.6 Å². The van der Waals surface area contributed by atoms with Crippen LogP contribution in [-0.4, -0.2) is 36.5 Å². The number of imide groups is 1. The second-order valence-electron chi connectivity index (χ2n) is 7.07. The fraction of sp³-hybridized carbons (Fsp3) is 0.579. The molecule has 0 atom stereocenters. The molecule has 1 fully saturated rings. The first-order valence-electron chi connectivity index (χ1n) is 8.81. The lowest BCUT2D eigenvalue weighted by atomic mass is 10.0. The lowest BCUT2D eigenvalue weighted by Gasteiger charge is -2.17. The van der Waals surface area contributed by atoms with Crippen molar-refractivity contribution in [3.8, 4) is 0 Å². The predicted molar refractivity (Wildman–Crippen MR) is 95.8 cm³/mol. The van der Waals surface area contributed by atoms with Crippen molar-refractivity contribution in [1.82, 2.24) is 15.5 Å². The van der Waals surface area contributed by atoms with Gasteiger partial charge in [0, 0.05) is 12.6 Å². The number of hydrogen-bond donors (Lipinski definition) is 2. The third kappa shape index (κ3) is 5.96. The van der Waals surface area contributed by atoms with Crippen LogP contribution >= 0.6 is 0 Å². The van der Waals surface area contributed by atoms with Gasteiger partial charge in [-0.25, -0.2) is 4.79 Å². The molecule has 2 N–H and O–H groups in total. The van der Waals surface area contributed by atoms with Crippen LogP contribution < -0.4 is 10.6 Å². The number of carbonyl (C=O) groups is 2. The summed E-state index contributed by atoms with van der Waals surface area (Å²) >= 11 is 0. The highest BCUT2D eigenvalue weighted by atomic mass is 16.2. The van der Waals surface area contributed by atoms with E-state index in [1.54, 1.807) is 0 Å². The number of likely N-dealkylation sites (N-methyl/N-ethyl adjacent to an activating group) is 1. The molecule has 3 amide bonds. The Balaban J connectivity index is 1.73. The summed E-state index contributed by atoms with van der Waals surface area (Å²) in [5.41, 5.74) is 2.47. The van der Waals surface area contributed by atoms with Gasteiger partial charge in [-0.1, -0.05) is 51.0 Å². The number of nitrogens with one attached hydrogen (secondary N) is 2. The van der Waals surface area contributed by atoms with Gasteiger partial charge in [-0.05, 0) is 36.9 Å². The third-order valence-corrected chi connectivity index (χ3v) is 4.46. The Bertz CT molecular complexity index is 548. The number of benzene rings is 1. The lowest BCUT2D eigenvalue weighted by molar-refractivity contribution is -0.121. The minimum absolute atomic E-state index is 0.198. The maximum atomic E-state index is 12.0. The predicted octanol–water partition coefficient (Wildman–Crippen LogP) is 3.01. The molecule has 132 valence electrons. The molecule has 0 spiro atoms. The van der Waals surface area contributed by atoms with Crippen LogP contribution in [-0.2, 0) is 11.3 Å². The second kappa shape index (κ2) is 8.83. The monoisotopic (exact) mass is 331 g/mol. The largest absolute Gasteiger partial charge is 0.335 e. The lowest BCUT2D eigenvalue weighted by Crippen LogP contribution is -2.46. The van der Waals surface area contributed by atoms with Gasteiger partial charge in [0.05, 0.1) is 6.54 Å². The van der Waals surface area contributed by atoms with Crippen LogP contribution in [0.25, 0.3) is 0 Å². The zero-order valence-electron chi connectivity index (χ0n) is 15.0. The molecule has 0 saturated heterocycles. The first kappa shape index (κ1) is 18.5. The first-order chi connectivity index (χ1) is 11.4. The molecular formula is C19H29N3O2. The molecule has 0 heterocycles. The van der Waals surface area contributed by atoms with Crippen molar-refractivity contribution < 1.29 is 9.59 Å². The average Bonchev–Trinajstić information content (AvgIpc) is 2.99. The van der Waals surface area contributed by atoms with E-state index in [1.165, 1.54) is 5.56 Å². The van der Waals surface area contributed by atoms with Gasteiger partial charge in [0.2, 0.25) is 5.91 Å². The van der Waals surface area contributed by atoms with Crippen molar-refractivity contribution in [2.75, 3.05) is 13.6 Å². The van der Waals surface area contributed by atoms with Gasteiger partial charge in [0.25, 0.3) is 0 Å². The molecule has 1 aromatic rings. The Morgan fingerprint density at radius 2 is 1.79 bits per heavy atom. The summed E-state index contributed by atoms with van der Waals surface area (Å²) in [7, 11) is 1.88. The van der Waals surface area contributed by atoms with E-state index in [1.807, 2.05) is 11.9 Å². The Kier molecular flexibility index (Phi) is 6.79. The number of carbonyl (C=O) groups excluding carboxylic acids is 2.